The van der Waals surface area contributed by atoms with Gasteiger partial charge >= 0.3 is 6.16 Å². The molecule has 7 heteroatoms. The summed E-state index contributed by atoms with van der Waals surface area (Å²) in [4.78, 5) is 26.0. The summed E-state index contributed by atoms with van der Waals surface area (Å²) in [6.07, 6.45) is 3.20. The lowest BCUT2D eigenvalue weighted by atomic mass is 9.85. The maximum Gasteiger partial charge on any atom is 0.511 e. The van der Waals surface area contributed by atoms with Crippen LogP contribution in [0.2, 0.25) is 0 Å². The summed E-state index contributed by atoms with van der Waals surface area (Å²) in [6.45, 7) is 7.77. The monoisotopic (exact) mass is 383 g/mol. The van der Waals surface area contributed by atoms with E-state index in [0.29, 0.717) is 0 Å². The van der Waals surface area contributed by atoms with Crippen LogP contribution in [-0.4, -0.2) is 33.0 Å². The molecule has 1 aliphatic rings. The number of ether oxygens (including phenoxy) is 1. The maximum absolute atomic E-state index is 13.3. The zero-order chi connectivity index (χ0) is 20.3. The van der Waals surface area contributed by atoms with E-state index in [4.69, 9.17) is 9.84 Å². The molecular formula is C21H25N3O4. The molecule has 7 nitrogen and oxygen atoms in total. The molecule has 3 rings (SSSR count). The van der Waals surface area contributed by atoms with E-state index in [1.807, 2.05) is 44.2 Å². The van der Waals surface area contributed by atoms with Crippen LogP contribution >= 0.6 is 0 Å². The zero-order valence-corrected chi connectivity index (χ0v) is 16.2. The van der Waals surface area contributed by atoms with Crippen molar-refractivity contribution >= 4 is 17.9 Å². The number of amides is 1. The highest BCUT2D eigenvalue weighted by molar-refractivity contribution is 5.96. The second kappa shape index (κ2) is 8.29. The zero-order valence-electron chi connectivity index (χ0n) is 16.2. The van der Waals surface area contributed by atoms with Gasteiger partial charge in [0, 0.05) is 12.0 Å². The van der Waals surface area contributed by atoms with Crippen molar-refractivity contribution in [1.82, 2.24) is 9.78 Å². The summed E-state index contributed by atoms with van der Waals surface area (Å²) < 4.78 is 6.49. The van der Waals surface area contributed by atoms with E-state index in [-0.39, 0.29) is 29.4 Å². The lowest BCUT2D eigenvalue weighted by molar-refractivity contribution is -0.123. The Bertz CT molecular complexity index is 863. The van der Waals surface area contributed by atoms with Gasteiger partial charge in [-0.3, -0.25) is 9.69 Å². The summed E-state index contributed by atoms with van der Waals surface area (Å²) in [5, 5.41) is 13.6. The molecule has 1 saturated carbocycles. The predicted molar refractivity (Wildman–Crippen MR) is 106 cm³/mol. The summed E-state index contributed by atoms with van der Waals surface area (Å²) in [7, 11) is 0. The SMILES string of the molecule is C=C1CCC(C(=O)N(c2nn(-c3ccccc3)cc2OC(=O)O)C(C)C)CC1. The predicted octanol–water partition coefficient (Wildman–Crippen LogP) is 4.42. The Morgan fingerprint density at radius 2 is 1.89 bits per heavy atom. The Labute approximate surface area is 164 Å². The number of carboxylic acid groups (broad SMARTS) is 1. The van der Waals surface area contributed by atoms with Gasteiger partial charge in [0.25, 0.3) is 0 Å². The smallest absolute Gasteiger partial charge is 0.449 e. The summed E-state index contributed by atoms with van der Waals surface area (Å²) in [5.41, 5.74) is 1.91. The van der Waals surface area contributed by atoms with E-state index >= 15 is 0 Å². The van der Waals surface area contributed by atoms with Gasteiger partial charge in [0.05, 0.1) is 11.9 Å². The van der Waals surface area contributed by atoms with E-state index in [9.17, 15) is 9.59 Å². The van der Waals surface area contributed by atoms with Crippen molar-refractivity contribution in [2.75, 3.05) is 4.90 Å². The quantitative estimate of drug-likeness (QED) is 0.610. The van der Waals surface area contributed by atoms with Gasteiger partial charge in [-0.15, -0.1) is 5.10 Å². The van der Waals surface area contributed by atoms with Gasteiger partial charge in [-0.25, -0.2) is 9.48 Å². The van der Waals surface area contributed by atoms with E-state index in [0.717, 1.165) is 31.4 Å². The van der Waals surface area contributed by atoms with Crippen LogP contribution in [0.5, 0.6) is 5.75 Å². The largest absolute Gasteiger partial charge is 0.511 e. The molecule has 28 heavy (non-hydrogen) atoms. The van der Waals surface area contributed by atoms with Crippen molar-refractivity contribution in [3.8, 4) is 11.4 Å². The molecule has 1 heterocycles. The van der Waals surface area contributed by atoms with E-state index < -0.39 is 6.16 Å². The number of hydrogen-bond acceptors (Lipinski definition) is 4. The number of rotatable bonds is 5. The van der Waals surface area contributed by atoms with Crippen molar-refractivity contribution in [2.24, 2.45) is 5.92 Å². The molecule has 1 amide bonds. The molecule has 0 spiro atoms. The van der Waals surface area contributed by atoms with Crippen LogP contribution in [0.4, 0.5) is 10.6 Å². The highest BCUT2D eigenvalue weighted by atomic mass is 16.7. The van der Waals surface area contributed by atoms with Crippen LogP contribution in [0, 0.1) is 5.92 Å². The molecule has 0 radical (unpaired) electrons. The number of carbonyl (C=O) groups is 2. The third kappa shape index (κ3) is 4.24. The van der Waals surface area contributed by atoms with Crippen LogP contribution in [0.25, 0.3) is 5.69 Å². The van der Waals surface area contributed by atoms with Gasteiger partial charge in [-0.05, 0) is 51.7 Å². The fourth-order valence-electron chi connectivity index (χ4n) is 3.47. The minimum atomic E-state index is -1.45. The molecule has 1 N–H and O–H groups in total. The van der Waals surface area contributed by atoms with Gasteiger partial charge in [-0.1, -0.05) is 30.4 Å². The number of para-hydroxylation sites is 1. The van der Waals surface area contributed by atoms with Crippen molar-refractivity contribution in [3.63, 3.8) is 0 Å². The van der Waals surface area contributed by atoms with Gasteiger partial charge in [-0.2, -0.15) is 0 Å². The number of aromatic nitrogens is 2. The first kappa shape index (κ1) is 19.7. The van der Waals surface area contributed by atoms with Crippen LogP contribution in [-0.2, 0) is 4.79 Å². The lowest BCUT2D eigenvalue weighted by Gasteiger charge is -2.31. The average molecular weight is 383 g/mol. The molecule has 1 aromatic carbocycles. The molecule has 2 aromatic rings. The minimum Gasteiger partial charge on any atom is -0.449 e. The Morgan fingerprint density at radius 1 is 1.25 bits per heavy atom. The first-order chi connectivity index (χ1) is 13.4. The summed E-state index contributed by atoms with van der Waals surface area (Å²) in [5.74, 6) is 0.0674. The van der Waals surface area contributed by atoms with Crippen LogP contribution in [0.3, 0.4) is 0 Å². The number of allylic oxidation sites excluding steroid dienone is 1. The topological polar surface area (TPSA) is 84.7 Å². The van der Waals surface area contributed by atoms with Crippen LogP contribution in [0.15, 0.2) is 48.7 Å². The van der Waals surface area contributed by atoms with Gasteiger partial charge < -0.3 is 9.84 Å². The number of benzene rings is 1. The third-order valence-corrected chi connectivity index (χ3v) is 4.90. The Balaban J connectivity index is 1.99. The molecule has 0 aliphatic heterocycles. The molecule has 0 bridgehead atoms. The van der Waals surface area contributed by atoms with Gasteiger partial charge in [0.2, 0.25) is 11.7 Å². The number of hydrogen-bond donors (Lipinski definition) is 1. The Hall–Kier alpha value is -3.09. The Morgan fingerprint density at radius 3 is 2.46 bits per heavy atom. The summed E-state index contributed by atoms with van der Waals surface area (Å²) >= 11 is 0. The Kier molecular flexibility index (Phi) is 5.82. The van der Waals surface area contributed by atoms with Crippen LogP contribution in [0.1, 0.15) is 39.5 Å². The average Bonchev–Trinajstić information content (AvgIpc) is 3.05. The third-order valence-electron chi connectivity index (χ3n) is 4.90. The molecule has 0 atom stereocenters. The van der Waals surface area contributed by atoms with Crippen molar-refractivity contribution in [3.05, 3.63) is 48.7 Å². The second-order valence-corrected chi connectivity index (χ2v) is 7.29. The van der Waals surface area contributed by atoms with Gasteiger partial charge in [0.15, 0.2) is 5.75 Å². The highest BCUT2D eigenvalue weighted by Gasteiger charge is 2.33. The lowest BCUT2D eigenvalue weighted by Crippen LogP contribution is -2.42. The maximum atomic E-state index is 13.3. The van der Waals surface area contributed by atoms with E-state index in [2.05, 4.69) is 11.7 Å². The fourth-order valence-corrected chi connectivity index (χ4v) is 3.47. The molecule has 1 aromatic heterocycles. The molecular weight excluding hydrogens is 358 g/mol. The molecule has 1 fully saturated rings. The second-order valence-electron chi connectivity index (χ2n) is 7.29. The molecule has 148 valence electrons. The number of carbonyl (C=O) groups excluding carboxylic acids is 1. The highest BCUT2D eigenvalue weighted by Crippen LogP contribution is 2.34. The number of nitrogens with zero attached hydrogens (tertiary/aromatic N) is 3. The van der Waals surface area contributed by atoms with Crippen molar-refractivity contribution in [1.29, 1.82) is 0 Å². The van der Waals surface area contributed by atoms with Crippen LogP contribution < -0.4 is 9.64 Å². The molecule has 0 saturated heterocycles. The van der Waals surface area contributed by atoms with E-state index in [1.165, 1.54) is 16.5 Å². The van der Waals surface area contributed by atoms with Crippen molar-refractivity contribution in [2.45, 2.75) is 45.6 Å². The molecule has 1 aliphatic carbocycles. The van der Waals surface area contributed by atoms with Gasteiger partial charge in [0.1, 0.15) is 0 Å². The van der Waals surface area contributed by atoms with E-state index in [1.54, 1.807) is 4.90 Å². The first-order valence-corrected chi connectivity index (χ1v) is 9.42. The summed E-state index contributed by atoms with van der Waals surface area (Å²) in [6, 6.07) is 9.07. The fraction of sp³-hybridized carbons (Fsp3) is 0.381. The number of anilines is 1. The molecule has 0 unspecified atom stereocenters. The van der Waals surface area contributed by atoms with Crippen molar-refractivity contribution < 1.29 is 19.4 Å². The normalized spacial score (nSPS) is 14.9. The minimum absolute atomic E-state index is 0.0404. The standard InChI is InChI=1S/C21H25N3O4/c1-14(2)24(20(25)16-11-9-15(3)10-12-16)19-18(28-21(26)27)13-23(22-19)17-7-5-4-6-8-17/h4-8,13-14,16H,3,9-12H2,1-2H3,(H,26,27). The first-order valence-electron chi connectivity index (χ1n) is 9.42.